The number of rotatable bonds is 6. The maximum Gasteiger partial charge on any atom is 0.341 e. The molecule has 2 N–H and O–H groups in total. The summed E-state index contributed by atoms with van der Waals surface area (Å²) in [7, 11) is -6.05. The van der Waals surface area contributed by atoms with E-state index in [0.29, 0.717) is 0 Å². The first kappa shape index (κ1) is 26.5. The minimum Gasteiger partial charge on any atom is -0.462 e. The lowest BCUT2D eigenvalue weighted by molar-refractivity contribution is 0.0525. The third kappa shape index (κ3) is 5.11. The van der Waals surface area contributed by atoms with Crippen LogP contribution in [-0.2, 0) is 40.3 Å². The highest BCUT2D eigenvalue weighted by atomic mass is 32.2. The van der Waals surface area contributed by atoms with E-state index in [1.807, 2.05) is 33.9 Å². The highest BCUT2D eigenvalue weighted by Gasteiger charge is 2.39. The van der Waals surface area contributed by atoms with Crippen molar-refractivity contribution in [3.63, 3.8) is 0 Å². The summed E-state index contributed by atoms with van der Waals surface area (Å²) in [5, 5.41) is 2.74. The van der Waals surface area contributed by atoms with Crippen molar-refractivity contribution in [1.82, 2.24) is 4.72 Å². The van der Waals surface area contributed by atoms with Gasteiger partial charge in [-0.05, 0) is 85.8 Å². The molecule has 36 heavy (non-hydrogen) atoms. The van der Waals surface area contributed by atoms with E-state index in [0.717, 1.165) is 44.2 Å². The number of carbonyl (C=O) groups excluding carboxylic acids is 2. The molecule has 1 aromatic carbocycles. The van der Waals surface area contributed by atoms with E-state index in [2.05, 4.69) is 16.1 Å². The van der Waals surface area contributed by atoms with Gasteiger partial charge in [-0.2, -0.15) is 0 Å². The van der Waals surface area contributed by atoms with E-state index >= 15 is 0 Å². The fourth-order valence-corrected chi connectivity index (χ4v) is 9.67. The van der Waals surface area contributed by atoms with Crippen molar-refractivity contribution >= 4 is 35.8 Å². The first-order valence-electron chi connectivity index (χ1n) is 12.6. The molecular formula is C26H37N3O5SSi. The Balaban J connectivity index is 1.72. The zero-order valence-electron chi connectivity index (χ0n) is 22.1. The molecule has 2 amide bonds. The average Bonchev–Trinajstić information content (AvgIpc) is 3.52. The molecule has 1 atom stereocenters. The van der Waals surface area contributed by atoms with Crippen molar-refractivity contribution in [2.24, 2.45) is 4.03 Å². The van der Waals surface area contributed by atoms with Crippen LogP contribution in [0.25, 0.3) is 0 Å². The molecule has 2 aliphatic carbocycles. The number of benzene rings is 1. The highest BCUT2D eigenvalue weighted by molar-refractivity contribution is 7.93. The number of urea groups is 1. The largest absolute Gasteiger partial charge is 0.462 e. The third-order valence-electron chi connectivity index (χ3n) is 7.49. The molecular weight excluding hydrogens is 494 g/mol. The molecule has 0 bridgehead atoms. The van der Waals surface area contributed by atoms with Gasteiger partial charge in [0.15, 0.2) is 18.2 Å². The number of anilines is 1. The highest BCUT2D eigenvalue weighted by Crippen LogP contribution is 2.40. The van der Waals surface area contributed by atoms with Gasteiger partial charge in [-0.25, -0.2) is 18.5 Å². The van der Waals surface area contributed by atoms with Gasteiger partial charge in [-0.1, -0.05) is 26.8 Å². The Kier molecular flexibility index (Phi) is 7.13. The minimum absolute atomic E-state index is 0.0611. The summed E-state index contributed by atoms with van der Waals surface area (Å²) >= 11 is 0. The number of fused-ring (bicyclic) bond motifs is 2. The second-order valence-corrected chi connectivity index (χ2v) is 18.1. The molecule has 1 unspecified atom stereocenters. The van der Waals surface area contributed by atoms with E-state index in [1.165, 1.54) is 34.6 Å². The molecule has 0 radical (unpaired) electrons. The van der Waals surface area contributed by atoms with Gasteiger partial charge in [-0.15, -0.1) is 0 Å². The molecule has 4 rings (SSSR count). The predicted octanol–water partition coefficient (Wildman–Crippen LogP) is 6.00. The van der Waals surface area contributed by atoms with Crippen molar-refractivity contribution < 1.29 is 23.0 Å². The molecule has 2 aromatic rings. The van der Waals surface area contributed by atoms with Gasteiger partial charge in [0.2, 0.25) is 5.09 Å². The lowest BCUT2D eigenvalue weighted by Crippen LogP contribution is -2.41. The molecule has 10 heteroatoms. The third-order valence-corrected chi connectivity index (χ3v) is 15.2. The van der Waals surface area contributed by atoms with Crippen LogP contribution in [0.3, 0.4) is 0 Å². The van der Waals surface area contributed by atoms with Crippen LogP contribution in [0.15, 0.2) is 31.9 Å². The molecule has 0 aliphatic heterocycles. The van der Waals surface area contributed by atoms with Crippen LogP contribution in [0.5, 0.6) is 0 Å². The molecule has 1 aromatic heterocycles. The van der Waals surface area contributed by atoms with E-state index in [1.54, 1.807) is 6.92 Å². The Morgan fingerprint density at radius 2 is 1.69 bits per heavy atom. The number of ether oxygens (including phenoxy) is 1. The van der Waals surface area contributed by atoms with Crippen molar-refractivity contribution in [3.05, 3.63) is 46.2 Å². The Morgan fingerprint density at radius 3 is 2.25 bits per heavy atom. The summed E-state index contributed by atoms with van der Waals surface area (Å²) in [5.74, 6) is -0.582. The fraction of sp³-hybridized carbons (Fsp3) is 0.538. The SMILES string of the molecule is CCOC(=O)c1coc(S(=O)(=N[Si](C)(C)C(C)(C)C)NC(=O)Nc2c3c(cc4c2CCC4)CCC3)c1. The molecule has 0 spiro atoms. The van der Waals surface area contributed by atoms with Crippen LogP contribution in [0, 0.1) is 0 Å². The van der Waals surface area contributed by atoms with E-state index in [4.69, 9.17) is 13.2 Å². The van der Waals surface area contributed by atoms with Crippen LogP contribution in [0.2, 0.25) is 18.1 Å². The quantitative estimate of drug-likeness (QED) is 0.351. The van der Waals surface area contributed by atoms with Crippen LogP contribution in [-0.4, -0.2) is 31.1 Å². The number of hydrogen-bond donors (Lipinski definition) is 2. The molecule has 0 saturated carbocycles. The Morgan fingerprint density at radius 1 is 1.08 bits per heavy atom. The molecule has 196 valence electrons. The molecule has 0 saturated heterocycles. The van der Waals surface area contributed by atoms with Gasteiger partial charge in [0, 0.05) is 11.8 Å². The molecule has 8 nitrogen and oxygen atoms in total. The maximum absolute atomic E-state index is 14.4. The Hall–Kier alpha value is -2.59. The van der Waals surface area contributed by atoms with Gasteiger partial charge < -0.3 is 14.5 Å². The summed E-state index contributed by atoms with van der Waals surface area (Å²) in [6.07, 6.45) is 7.19. The number of furan rings is 1. The van der Waals surface area contributed by atoms with Gasteiger partial charge >= 0.3 is 12.0 Å². The van der Waals surface area contributed by atoms with Crippen LogP contribution >= 0.6 is 0 Å². The lowest BCUT2D eigenvalue weighted by Gasteiger charge is -2.33. The molecule has 0 fully saturated rings. The van der Waals surface area contributed by atoms with Gasteiger partial charge in [0.05, 0.1) is 12.2 Å². The summed E-state index contributed by atoms with van der Waals surface area (Å²) in [5.41, 5.74) is 5.94. The number of esters is 1. The fourth-order valence-electron chi connectivity index (χ4n) is 4.59. The Bertz CT molecular complexity index is 1280. The zero-order valence-corrected chi connectivity index (χ0v) is 23.9. The average molecular weight is 532 g/mol. The Labute approximate surface area is 215 Å². The minimum atomic E-state index is -3.53. The van der Waals surface area contributed by atoms with Gasteiger partial charge in [0.1, 0.15) is 6.26 Å². The second-order valence-electron chi connectivity index (χ2n) is 11.1. The number of nitrogens with zero attached hydrogens (tertiary/aromatic N) is 1. The second kappa shape index (κ2) is 9.70. The lowest BCUT2D eigenvalue weighted by atomic mass is 9.99. The van der Waals surface area contributed by atoms with Gasteiger partial charge in [-0.3, -0.25) is 4.03 Å². The number of nitrogens with one attached hydrogen (secondary N) is 2. The van der Waals surface area contributed by atoms with Crippen molar-refractivity contribution in [1.29, 1.82) is 0 Å². The summed E-state index contributed by atoms with van der Waals surface area (Å²) in [4.78, 5) is 25.6. The van der Waals surface area contributed by atoms with E-state index < -0.39 is 30.2 Å². The normalized spacial score (nSPS) is 16.6. The smallest absolute Gasteiger partial charge is 0.341 e. The van der Waals surface area contributed by atoms with Crippen molar-refractivity contribution in [2.45, 2.75) is 89.4 Å². The molecule has 1 heterocycles. The zero-order chi connectivity index (χ0) is 26.3. The van der Waals surface area contributed by atoms with Crippen LogP contribution in [0.4, 0.5) is 10.5 Å². The monoisotopic (exact) mass is 531 g/mol. The maximum atomic E-state index is 14.4. The number of carbonyl (C=O) groups is 2. The van der Waals surface area contributed by atoms with E-state index in [9.17, 15) is 13.8 Å². The van der Waals surface area contributed by atoms with Crippen molar-refractivity contribution in [3.8, 4) is 0 Å². The first-order chi connectivity index (χ1) is 16.8. The summed E-state index contributed by atoms with van der Waals surface area (Å²) in [6, 6.07) is 3.06. The first-order valence-corrected chi connectivity index (χ1v) is 17.1. The topological polar surface area (TPSA) is 110 Å². The predicted molar refractivity (Wildman–Crippen MR) is 143 cm³/mol. The van der Waals surface area contributed by atoms with Crippen LogP contribution in [0.1, 0.15) is 73.1 Å². The van der Waals surface area contributed by atoms with E-state index in [-0.39, 0.29) is 22.3 Å². The summed E-state index contributed by atoms with van der Waals surface area (Å²) < 4.78 is 32.4. The number of amides is 2. The van der Waals surface area contributed by atoms with Gasteiger partial charge in [0.25, 0.3) is 0 Å². The standard InChI is InChI=1S/C26H37N3O5SSi/c1-7-33-24(30)19-15-22(34-16-19)35(32,29-36(5,6)26(2,3)4)28-25(31)27-23-20-12-8-10-17(20)14-18-11-9-13-21(18)23/h14-16H,7-13H2,1-6H3,(H2,27,28,29,31,32). The number of hydrogen-bond acceptors (Lipinski definition) is 6. The van der Waals surface area contributed by atoms with Crippen molar-refractivity contribution in [2.75, 3.05) is 11.9 Å². The summed E-state index contributed by atoms with van der Waals surface area (Å²) in [6.45, 7) is 12.0. The molecule has 2 aliphatic rings. The van der Waals surface area contributed by atoms with Crippen LogP contribution < -0.4 is 10.0 Å². The number of aryl methyl sites for hydroxylation is 2.